The maximum Gasteiger partial charge on any atom is 0.333 e. The molecule has 0 unspecified atom stereocenters. The van der Waals surface area contributed by atoms with Crippen molar-refractivity contribution in [3.8, 4) is 0 Å². The van der Waals surface area contributed by atoms with Gasteiger partial charge in [0.25, 0.3) is 5.91 Å². The number of esters is 1. The third kappa shape index (κ3) is 3.24. The molecule has 1 atom stereocenters. The van der Waals surface area contributed by atoms with Crippen molar-refractivity contribution in [1.29, 1.82) is 0 Å². The number of aromatic nitrogens is 2. The number of rotatable bonds is 4. The van der Waals surface area contributed by atoms with Crippen LogP contribution in [0.3, 0.4) is 0 Å². The number of hydrogen-bond acceptors (Lipinski definition) is 4. The number of hydrogen-bond donors (Lipinski definition) is 2. The zero-order chi connectivity index (χ0) is 14.5. The first kappa shape index (κ1) is 14.3. The maximum absolute atomic E-state index is 12.0. The number of carbonyl (C=O) groups excluding carboxylic acids is 2. The number of nitrogens with zero attached hydrogens (tertiary/aromatic N) is 1. The van der Waals surface area contributed by atoms with E-state index >= 15 is 0 Å². The average Bonchev–Trinajstić information content (AvgIpc) is 2.99. The number of nitrogens with one attached hydrogen (secondary N) is 2. The van der Waals surface area contributed by atoms with Gasteiger partial charge in [-0.1, -0.05) is 28.1 Å². The van der Waals surface area contributed by atoms with Crippen LogP contribution in [-0.2, 0) is 9.53 Å². The number of amides is 1. The third-order valence-corrected chi connectivity index (χ3v) is 3.19. The van der Waals surface area contributed by atoms with Crippen molar-refractivity contribution < 1.29 is 14.3 Å². The van der Waals surface area contributed by atoms with Gasteiger partial charge in [-0.2, -0.15) is 5.10 Å². The van der Waals surface area contributed by atoms with E-state index < -0.39 is 17.9 Å². The number of halogens is 1. The highest BCUT2D eigenvalue weighted by Crippen LogP contribution is 2.18. The molecule has 0 bridgehead atoms. The average molecular weight is 338 g/mol. The van der Waals surface area contributed by atoms with Crippen LogP contribution in [0.1, 0.15) is 22.1 Å². The lowest BCUT2D eigenvalue weighted by Gasteiger charge is -2.16. The van der Waals surface area contributed by atoms with E-state index in [1.807, 2.05) is 0 Å². The summed E-state index contributed by atoms with van der Waals surface area (Å²) in [5.74, 6) is -0.971. The van der Waals surface area contributed by atoms with Crippen LogP contribution in [0.4, 0.5) is 0 Å². The summed E-state index contributed by atoms with van der Waals surface area (Å²) >= 11 is 3.31. The van der Waals surface area contributed by atoms with Gasteiger partial charge < -0.3 is 10.1 Å². The highest BCUT2D eigenvalue weighted by molar-refractivity contribution is 9.10. The van der Waals surface area contributed by atoms with E-state index in [0.717, 1.165) is 4.47 Å². The summed E-state index contributed by atoms with van der Waals surface area (Å²) in [5.41, 5.74) is 0.906. The fourth-order valence-corrected chi connectivity index (χ4v) is 1.91. The van der Waals surface area contributed by atoms with Crippen LogP contribution in [0.5, 0.6) is 0 Å². The zero-order valence-electron chi connectivity index (χ0n) is 10.6. The number of benzene rings is 1. The Bertz CT molecular complexity index is 596. The largest absolute Gasteiger partial charge is 0.467 e. The number of methoxy groups -OCH3 is 1. The summed E-state index contributed by atoms with van der Waals surface area (Å²) in [6.07, 6.45) is 1.46. The fraction of sp³-hybridized carbons (Fsp3) is 0.154. The number of H-pyrrole nitrogens is 1. The molecule has 1 aromatic carbocycles. The molecule has 0 fully saturated rings. The first-order valence-corrected chi connectivity index (χ1v) is 6.54. The molecule has 7 heteroatoms. The van der Waals surface area contributed by atoms with Gasteiger partial charge in [0.05, 0.1) is 7.11 Å². The van der Waals surface area contributed by atoms with E-state index in [9.17, 15) is 9.59 Å². The second kappa shape index (κ2) is 6.33. The molecule has 2 aromatic rings. The maximum atomic E-state index is 12.0. The molecule has 0 radical (unpaired) electrons. The normalized spacial score (nSPS) is 11.7. The van der Waals surface area contributed by atoms with Crippen LogP contribution >= 0.6 is 15.9 Å². The predicted molar refractivity (Wildman–Crippen MR) is 75.0 cm³/mol. The van der Waals surface area contributed by atoms with E-state index in [4.69, 9.17) is 4.74 Å². The first-order valence-electron chi connectivity index (χ1n) is 5.75. The highest BCUT2D eigenvalue weighted by atomic mass is 79.9. The third-order valence-electron chi connectivity index (χ3n) is 2.66. The van der Waals surface area contributed by atoms with Crippen LogP contribution in [0, 0.1) is 0 Å². The molecule has 6 nitrogen and oxygen atoms in total. The van der Waals surface area contributed by atoms with Gasteiger partial charge in [0, 0.05) is 10.7 Å². The minimum absolute atomic E-state index is 0.274. The summed E-state index contributed by atoms with van der Waals surface area (Å²) in [6.45, 7) is 0. The van der Waals surface area contributed by atoms with Gasteiger partial charge in [-0.05, 0) is 23.8 Å². The molecule has 20 heavy (non-hydrogen) atoms. The minimum atomic E-state index is -0.871. The van der Waals surface area contributed by atoms with Crippen LogP contribution in [0.25, 0.3) is 0 Å². The van der Waals surface area contributed by atoms with Crippen LogP contribution in [0.15, 0.2) is 41.0 Å². The number of aromatic amines is 1. The Hall–Kier alpha value is -2.15. The van der Waals surface area contributed by atoms with Crippen molar-refractivity contribution in [2.24, 2.45) is 0 Å². The molecular formula is C13H12BrN3O3. The molecule has 0 aliphatic rings. The van der Waals surface area contributed by atoms with Crippen molar-refractivity contribution in [3.63, 3.8) is 0 Å². The van der Waals surface area contributed by atoms with Gasteiger partial charge in [0.15, 0.2) is 6.04 Å². The van der Waals surface area contributed by atoms with Crippen molar-refractivity contribution in [2.75, 3.05) is 7.11 Å². The Labute approximate surface area is 123 Å². The van der Waals surface area contributed by atoms with Crippen LogP contribution < -0.4 is 5.32 Å². The van der Waals surface area contributed by atoms with E-state index in [1.54, 1.807) is 24.3 Å². The Morgan fingerprint density at radius 3 is 2.55 bits per heavy atom. The van der Waals surface area contributed by atoms with Crippen molar-refractivity contribution in [1.82, 2.24) is 15.5 Å². The molecule has 2 rings (SSSR count). The van der Waals surface area contributed by atoms with E-state index in [2.05, 4.69) is 31.4 Å². The van der Waals surface area contributed by atoms with E-state index in [-0.39, 0.29) is 5.69 Å². The van der Waals surface area contributed by atoms with Gasteiger partial charge >= 0.3 is 5.97 Å². The molecule has 0 saturated carbocycles. The molecule has 1 aromatic heterocycles. The molecule has 2 N–H and O–H groups in total. The van der Waals surface area contributed by atoms with E-state index in [0.29, 0.717) is 5.56 Å². The Morgan fingerprint density at radius 1 is 1.30 bits per heavy atom. The quantitative estimate of drug-likeness (QED) is 0.833. The highest BCUT2D eigenvalue weighted by Gasteiger charge is 2.24. The van der Waals surface area contributed by atoms with Crippen LogP contribution in [-0.4, -0.2) is 29.2 Å². The Kier molecular flexibility index (Phi) is 4.52. The van der Waals surface area contributed by atoms with E-state index in [1.165, 1.54) is 19.4 Å². The summed E-state index contributed by atoms with van der Waals surface area (Å²) < 4.78 is 5.60. The topological polar surface area (TPSA) is 84.1 Å². The van der Waals surface area contributed by atoms with Crippen molar-refractivity contribution in [2.45, 2.75) is 6.04 Å². The fourth-order valence-electron chi connectivity index (χ4n) is 1.64. The lowest BCUT2D eigenvalue weighted by atomic mass is 10.1. The molecular weight excluding hydrogens is 326 g/mol. The number of ether oxygens (including phenoxy) is 1. The Balaban J connectivity index is 2.22. The summed E-state index contributed by atoms with van der Waals surface area (Å²) in [4.78, 5) is 23.8. The van der Waals surface area contributed by atoms with Gasteiger partial charge in [-0.25, -0.2) is 4.79 Å². The zero-order valence-corrected chi connectivity index (χ0v) is 12.2. The first-order chi connectivity index (χ1) is 9.61. The smallest absolute Gasteiger partial charge is 0.333 e. The molecule has 0 spiro atoms. The molecule has 1 heterocycles. The predicted octanol–water partition coefficient (Wildman–Crippen LogP) is 1.82. The van der Waals surface area contributed by atoms with Crippen LogP contribution in [0.2, 0.25) is 0 Å². The van der Waals surface area contributed by atoms with Crippen molar-refractivity contribution >= 4 is 27.8 Å². The second-order valence-electron chi connectivity index (χ2n) is 3.95. The van der Waals surface area contributed by atoms with Gasteiger partial charge in [0.2, 0.25) is 0 Å². The standard InChI is InChI=1S/C13H12BrN3O3/c1-20-13(19)11(8-2-4-9(14)5-3-8)16-12(18)10-6-7-15-17-10/h2-7,11H,1H3,(H,15,17)(H,16,18)/t11-/m1/s1. The Morgan fingerprint density at radius 2 is 2.00 bits per heavy atom. The molecule has 0 aliphatic carbocycles. The van der Waals surface area contributed by atoms with Gasteiger partial charge in [0.1, 0.15) is 5.69 Å². The molecule has 0 aliphatic heterocycles. The molecule has 104 valence electrons. The monoisotopic (exact) mass is 337 g/mol. The number of carbonyl (C=O) groups is 2. The SMILES string of the molecule is COC(=O)[C@H](NC(=O)c1ccn[nH]1)c1ccc(Br)cc1. The minimum Gasteiger partial charge on any atom is -0.467 e. The summed E-state index contributed by atoms with van der Waals surface area (Å²) in [6, 6.07) is 7.69. The lowest BCUT2D eigenvalue weighted by Crippen LogP contribution is -2.34. The van der Waals surface area contributed by atoms with Crippen molar-refractivity contribution in [3.05, 3.63) is 52.3 Å². The second-order valence-corrected chi connectivity index (χ2v) is 4.87. The van der Waals surface area contributed by atoms with Gasteiger partial charge in [-0.3, -0.25) is 9.89 Å². The molecule has 1 amide bonds. The summed E-state index contributed by atoms with van der Waals surface area (Å²) in [5, 5.41) is 8.84. The van der Waals surface area contributed by atoms with Gasteiger partial charge in [-0.15, -0.1) is 0 Å². The molecule has 0 saturated heterocycles. The summed E-state index contributed by atoms with van der Waals surface area (Å²) in [7, 11) is 1.27. The lowest BCUT2D eigenvalue weighted by molar-refractivity contribution is -0.143.